The highest BCUT2D eigenvalue weighted by atomic mass is 19.3. The maximum Gasteiger partial charge on any atom is 0.248 e. The summed E-state index contributed by atoms with van der Waals surface area (Å²) in [4.78, 5) is 26.6. The van der Waals surface area contributed by atoms with Gasteiger partial charge in [0.2, 0.25) is 17.7 Å². The Kier molecular flexibility index (Phi) is 5.81. The van der Waals surface area contributed by atoms with E-state index in [9.17, 15) is 18.4 Å². The fourth-order valence-corrected chi connectivity index (χ4v) is 3.89. The van der Waals surface area contributed by atoms with E-state index in [4.69, 9.17) is 4.52 Å². The number of likely N-dealkylation sites (tertiary alicyclic amines) is 1. The zero-order chi connectivity index (χ0) is 19.6. The van der Waals surface area contributed by atoms with Gasteiger partial charge in [0, 0.05) is 43.3 Å². The highest BCUT2D eigenvalue weighted by Crippen LogP contribution is 2.36. The van der Waals surface area contributed by atoms with Gasteiger partial charge in [-0.05, 0) is 39.5 Å². The average molecular weight is 383 g/mol. The third-order valence-corrected chi connectivity index (χ3v) is 5.77. The zero-order valence-electron chi connectivity index (χ0n) is 15.9. The van der Waals surface area contributed by atoms with Gasteiger partial charge in [-0.25, -0.2) is 8.78 Å². The summed E-state index contributed by atoms with van der Waals surface area (Å²) >= 11 is 0. The quantitative estimate of drug-likeness (QED) is 0.867. The SMILES string of the molecule is Cc1noc(C)c1CN1CCC(NC(=O)C2CCC(F)(F)CC2)CCC1=O. The van der Waals surface area contributed by atoms with Crippen molar-refractivity contribution < 1.29 is 22.9 Å². The van der Waals surface area contributed by atoms with Crippen LogP contribution in [-0.2, 0) is 16.1 Å². The fraction of sp³-hybridized carbons (Fsp3) is 0.737. The van der Waals surface area contributed by atoms with Gasteiger partial charge in [-0.3, -0.25) is 9.59 Å². The van der Waals surface area contributed by atoms with Crippen molar-refractivity contribution in [3.63, 3.8) is 0 Å². The van der Waals surface area contributed by atoms with Crippen molar-refractivity contribution in [3.8, 4) is 0 Å². The zero-order valence-corrected chi connectivity index (χ0v) is 15.9. The smallest absolute Gasteiger partial charge is 0.248 e. The Balaban J connectivity index is 1.53. The van der Waals surface area contributed by atoms with Gasteiger partial charge in [-0.1, -0.05) is 5.16 Å². The molecule has 0 radical (unpaired) electrons. The van der Waals surface area contributed by atoms with E-state index in [1.54, 1.807) is 4.90 Å². The molecule has 150 valence electrons. The summed E-state index contributed by atoms with van der Waals surface area (Å²) in [7, 11) is 0. The fourth-order valence-electron chi connectivity index (χ4n) is 3.89. The van der Waals surface area contributed by atoms with Crippen molar-refractivity contribution in [1.29, 1.82) is 0 Å². The number of rotatable bonds is 4. The van der Waals surface area contributed by atoms with Crippen molar-refractivity contribution in [1.82, 2.24) is 15.4 Å². The summed E-state index contributed by atoms with van der Waals surface area (Å²) in [5.41, 5.74) is 1.71. The number of carbonyl (C=O) groups excluding carboxylic acids is 2. The lowest BCUT2D eigenvalue weighted by atomic mass is 9.86. The van der Waals surface area contributed by atoms with Crippen molar-refractivity contribution >= 4 is 11.8 Å². The number of alkyl halides is 2. The average Bonchev–Trinajstić information content (AvgIpc) is 2.82. The van der Waals surface area contributed by atoms with E-state index in [0.717, 1.165) is 11.3 Å². The molecule has 1 atom stereocenters. The van der Waals surface area contributed by atoms with E-state index in [1.807, 2.05) is 13.8 Å². The highest BCUT2D eigenvalue weighted by Gasteiger charge is 2.38. The monoisotopic (exact) mass is 383 g/mol. The minimum absolute atomic E-state index is 0.0454. The molecule has 27 heavy (non-hydrogen) atoms. The van der Waals surface area contributed by atoms with Gasteiger partial charge in [0.25, 0.3) is 0 Å². The molecular weight excluding hydrogens is 356 g/mol. The Morgan fingerprint density at radius 3 is 2.59 bits per heavy atom. The molecule has 0 aromatic carbocycles. The van der Waals surface area contributed by atoms with Gasteiger partial charge in [-0.15, -0.1) is 0 Å². The number of aryl methyl sites for hydroxylation is 2. The number of nitrogens with one attached hydrogen (secondary N) is 1. The minimum Gasteiger partial charge on any atom is -0.361 e. The summed E-state index contributed by atoms with van der Waals surface area (Å²) in [5.74, 6) is -2.37. The summed E-state index contributed by atoms with van der Waals surface area (Å²) in [6, 6.07) is -0.0986. The predicted octanol–water partition coefficient (Wildman–Crippen LogP) is 3.11. The van der Waals surface area contributed by atoms with E-state index in [2.05, 4.69) is 10.5 Å². The molecule has 6 nitrogen and oxygen atoms in total. The van der Waals surface area contributed by atoms with E-state index < -0.39 is 5.92 Å². The van der Waals surface area contributed by atoms with Crippen LogP contribution in [0.15, 0.2) is 4.52 Å². The van der Waals surface area contributed by atoms with Gasteiger partial charge in [0.1, 0.15) is 5.76 Å². The largest absolute Gasteiger partial charge is 0.361 e. The van der Waals surface area contributed by atoms with Crippen LogP contribution in [0.2, 0.25) is 0 Å². The topological polar surface area (TPSA) is 75.4 Å². The summed E-state index contributed by atoms with van der Waals surface area (Å²) in [5, 5.41) is 6.91. The Morgan fingerprint density at radius 2 is 1.96 bits per heavy atom. The van der Waals surface area contributed by atoms with Crippen LogP contribution in [0.4, 0.5) is 8.78 Å². The number of hydrogen-bond donors (Lipinski definition) is 1. The summed E-state index contributed by atoms with van der Waals surface area (Å²) < 4.78 is 31.7. The standard InChI is InChI=1S/C19H27F2N3O3/c1-12-16(13(2)27-23-12)11-24-10-7-15(3-4-17(24)25)22-18(26)14-5-8-19(20,21)9-6-14/h14-15H,3-11H2,1-2H3,(H,22,26). The first kappa shape index (κ1) is 19.8. The number of hydrogen-bond acceptors (Lipinski definition) is 4. The molecule has 1 aliphatic heterocycles. The molecule has 0 spiro atoms. The lowest BCUT2D eigenvalue weighted by molar-refractivity contribution is -0.132. The third kappa shape index (κ3) is 4.84. The maximum atomic E-state index is 13.3. The molecule has 1 saturated heterocycles. The number of nitrogens with zero attached hydrogens (tertiary/aromatic N) is 2. The molecule has 8 heteroatoms. The molecule has 2 aliphatic rings. The van der Waals surface area contributed by atoms with Crippen LogP contribution in [0, 0.1) is 19.8 Å². The lowest BCUT2D eigenvalue weighted by Gasteiger charge is -2.28. The van der Waals surface area contributed by atoms with Crippen LogP contribution < -0.4 is 5.32 Å². The molecule has 1 saturated carbocycles. The normalized spacial score (nSPS) is 23.9. The van der Waals surface area contributed by atoms with Crippen molar-refractivity contribution in [2.75, 3.05) is 6.54 Å². The van der Waals surface area contributed by atoms with Gasteiger partial charge in [0.05, 0.1) is 12.2 Å². The van der Waals surface area contributed by atoms with Crippen LogP contribution >= 0.6 is 0 Å². The Bertz CT molecular complexity index is 675. The van der Waals surface area contributed by atoms with Gasteiger partial charge >= 0.3 is 0 Å². The molecule has 2 fully saturated rings. The van der Waals surface area contributed by atoms with Crippen LogP contribution in [0.25, 0.3) is 0 Å². The maximum absolute atomic E-state index is 13.3. The van der Waals surface area contributed by atoms with Crippen LogP contribution in [0.1, 0.15) is 62.0 Å². The van der Waals surface area contributed by atoms with E-state index >= 15 is 0 Å². The van der Waals surface area contributed by atoms with Crippen molar-refractivity contribution in [3.05, 3.63) is 17.0 Å². The molecule has 0 bridgehead atoms. The number of halogens is 2. The van der Waals surface area contributed by atoms with Crippen LogP contribution in [-0.4, -0.2) is 40.4 Å². The molecule has 1 N–H and O–H groups in total. The number of aromatic nitrogens is 1. The first-order chi connectivity index (χ1) is 12.7. The van der Waals surface area contributed by atoms with E-state index in [0.29, 0.717) is 38.1 Å². The first-order valence-electron chi connectivity index (χ1n) is 9.63. The van der Waals surface area contributed by atoms with Crippen molar-refractivity contribution in [2.45, 2.75) is 77.3 Å². The Morgan fingerprint density at radius 1 is 1.26 bits per heavy atom. The summed E-state index contributed by atoms with van der Waals surface area (Å²) in [6.45, 7) is 4.67. The van der Waals surface area contributed by atoms with Gasteiger partial charge < -0.3 is 14.7 Å². The van der Waals surface area contributed by atoms with Crippen LogP contribution in [0.5, 0.6) is 0 Å². The number of amides is 2. The second kappa shape index (κ2) is 7.94. The molecule has 1 aliphatic carbocycles. The van der Waals surface area contributed by atoms with E-state index in [1.165, 1.54) is 0 Å². The second-order valence-electron chi connectivity index (χ2n) is 7.78. The molecule has 1 aromatic rings. The molecule has 1 unspecified atom stereocenters. The van der Waals surface area contributed by atoms with Crippen molar-refractivity contribution in [2.24, 2.45) is 5.92 Å². The number of carbonyl (C=O) groups is 2. The molecule has 3 rings (SSSR count). The van der Waals surface area contributed by atoms with Crippen LogP contribution in [0.3, 0.4) is 0 Å². The van der Waals surface area contributed by atoms with Gasteiger partial charge in [0.15, 0.2) is 0 Å². The van der Waals surface area contributed by atoms with Gasteiger partial charge in [-0.2, -0.15) is 0 Å². The molecular formula is C19H27F2N3O3. The predicted molar refractivity (Wildman–Crippen MR) is 94.1 cm³/mol. The lowest BCUT2D eigenvalue weighted by Crippen LogP contribution is -2.41. The Labute approximate surface area is 157 Å². The van der Waals surface area contributed by atoms with E-state index in [-0.39, 0.29) is 49.5 Å². The highest BCUT2D eigenvalue weighted by molar-refractivity contribution is 5.80. The third-order valence-electron chi connectivity index (χ3n) is 5.77. The summed E-state index contributed by atoms with van der Waals surface area (Å²) in [6.07, 6.45) is 1.59. The Hall–Kier alpha value is -1.99. The first-order valence-corrected chi connectivity index (χ1v) is 9.63. The molecule has 2 amide bonds. The second-order valence-corrected chi connectivity index (χ2v) is 7.78. The molecule has 1 aromatic heterocycles. The minimum atomic E-state index is -2.63. The molecule has 2 heterocycles.